The summed E-state index contributed by atoms with van der Waals surface area (Å²) in [5.74, 6) is -2.77. The molecule has 4 heteroatoms. The van der Waals surface area contributed by atoms with Gasteiger partial charge >= 0.3 is 0 Å². The zero-order valence-corrected chi connectivity index (χ0v) is 8.37. The van der Waals surface area contributed by atoms with Crippen molar-refractivity contribution >= 4 is 27.1 Å². The fourth-order valence-electron chi connectivity index (χ4n) is 1.26. The molecule has 0 aliphatic carbocycles. The number of hydrogen-bond acceptors (Lipinski definition) is 2. The van der Waals surface area contributed by atoms with E-state index in [1.54, 1.807) is 18.2 Å². The number of nitrogens with two attached hydrogens (primary N) is 1. The highest BCUT2D eigenvalue weighted by atomic mass is 32.1. The second-order valence-electron chi connectivity index (χ2n) is 3.30. The van der Waals surface area contributed by atoms with Gasteiger partial charge in [0.2, 0.25) is 0 Å². The number of benzene rings is 1. The van der Waals surface area contributed by atoms with E-state index in [1.807, 2.05) is 0 Å². The molecule has 0 fully saturated rings. The summed E-state index contributed by atoms with van der Waals surface area (Å²) in [6, 6.07) is 6.71. The summed E-state index contributed by atoms with van der Waals surface area (Å²) in [5.41, 5.74) is 6.16. The number of hydrogen-bond donors (Lipinski definition) is 1. The van der Waals surface area contributed by atoms with Crippen LogP contribution in [0.5, 0.6) is 0 Å². The molecule has 0 aliphatic heterocycles. The number of halogens is 2. The predicted molar refractivity (Wildman–Crippen MR) is 55.8 cm³/mol. The molecular weight excluding hydrogens is 204 g/mol. The highest BCUT2D eigenvalue weighted by molar-refractivity contribution is 7.19. The van der Waals surface area contributed by atoms with E-state index in [9.17, 15) is 8.78 Å². The number of thiophene rings is 1. The fraction of sp³-hybridized carbons (Fsp3) is 0.200. The van der Waals surface area contributed by atoms with Gasteiger partial charge in [-0.2, -0.15) is 0 Å². The van der Waals surface area contributed by atoms with Gasteiger partial charge in [0, 0.05) is 17.3 Å². The first-order valence-electron chi connectivity index (χ1n) is 4.14. The molecule has 0 saturated carbocycles. The summed E-state index contributed by atoms with van der Waals surface area (Å²) in [7, 11) is 0. The van der Waals surface area contributed by atoms with Crippen LogP contribution >= 0.6 is 11.3 Å². The minimum Gasteiger partial charge on any atom is -0.399 e. The summed E-state index contributed by atoms with van der Waals surface area (Å²) in [6.07, 6.45) is 0. The van der Waals surface area contributed by atoms with Crippen molar-refractivity contribution in [1.29, 1.82) is 0 Å². The molecule has 2 N–H and O–H groups in total. The van der Waals surface area contributed by atoms with Gasteiger partial charge in [-0.15, -0.1) is 11.3 Å². The molecule has 1 aromatic heterocycles. The van der Waals surface area contributed by atoms with Crippen molar-refractivity contribution < 1.29 is 8.78 Å². The van der Waals surface area contributed by atoms with Gasteiger partial charge in [0.25, 0.3) is 5.92 Å². The Balaban J connectivity index is 2.63. The molecule has 2 aromatic rings. The lowest BCUT2D eigenvalue weighted by molar-refractivity contribution is 0.0216. The molecule has 0 bridgehead atoms. The number of fused-ring (bicyclic) bond motifs is 1. The predicted octanol–water partition coefficient (Wildman–Crippen LogP) is 3.60. The Hall–Kier alpha value is -1.16. The number of nitrogen functional groups attached to an aromatic ring is 1. The summed E-state index contributed by atoms with van der Waals surface area (Å²) in [6.45, 7) is 0.904. The Labute approximate surface area is 84.2 Å². The lowest BCUT2D eigenvalue weighted by Gasteiger charge is -2.04. The Kier molecular flexibility index (Phi) is 1.96. The first-order chi connectivity index (χ1) is 6.47. The number of rotatable bonds is 1. The molecule has 14 heavy (non-hydrogen) atoms. The van der Waals surface area contributed by atoms with E-state index in [1.165, 1.54) is 6.07 Å². The van der Waals surface area contributed by atoms with Crippen molar-refractivity contribution in [1.82, 2.24) is 0 Å². The molecule has 1 nitrogen and oxygen atoms in total. The van der Waals surface area contributed by atoms with Gasteiger partial charge in [0.15, 0.2) is 0 Å². The molecule has 0 amide bonds. The highest BCUT2D eigenvalue weighted by Crippen LogP contribution is 2.37. The van der Waals surface area contributed by atoms with Crippen LogP contribution in [-0.2, 0) is 5.92 Å². The Morgan fingerprint density at radius 1 is 1.29 bits per heavy atom. The van der Waals surface area contributed by atoms with Gasteiger partial charge in [0.05, 0.1) is 4.88 Å². The maximum Gasteiger partial charge on any atom is 0.279 e. The molecule has 2 rings (SSSR count). The van der Waals surface area contributed by atoms with E-state index in [4.69, 9.17) is 5.73 Å². The minimum absolute atomic E-state index is 0.0816. The Morgan fingerprint density at radius 3 is 2.64 bits per heavy atom. The molecule has 1 aromatic carbocycles. The number of alkyl halides is 2. The van der Waals surface area contributed by atoms with Crippen molar-refractivity contribution in [2.75, 3.05) is 5.73 Å². The van der Waals surface area contributed by atoms with Crippen molar-refractivity contribution in [2.24, 2.45) is 0 Å². The summed E-state index contributed by atoms with van der Waals surface area (Å²) < 4.78 is 26.8. The Bertz CT molecular complexity index is 470. The van der Waals surface area contributed by atoms with Crippen molar-refractivity contribution in [3.8, 4) is 0 Å². The van der Waals surface area contributed by atoms with E-state index in [0.29, 0.717) is 5.69 Å². The largest absolute Gasteiger partial charge is 0.399 e. The van der Waals surface area contributed by atoms with Crippen LogP contribution in [0.15, 0.2) is 24.3 Å². The summed E-state index contributed by atoms with van der Waals surface area (Å²) in [4.78, 5) is 0.0816. The fourth-order valence-corrected chi connectivity index (χ4v) is 2.31. The third-order valence-electron chi connectivity index (χ3n) is 1.98. The van der Waals surface area contributed by atoms with Crippen LogP contribution in [0, 0.1) is 0 Å². The van der Waals surface area contributed by atoms with Crippen LogP contribution in [0.3, 0.4) is 0 Å². The zero-order valence-electron chi connectivity index (χ0n) is 7.55. The first-order valence-corrected chi connectivity index (χ1v) is 4.96. The van der Waals surface area contributed by atoms with Crippen LogP contribution in [0.2, 0.25) is 0 Å². The van der Waals surface area contributed by atoms with Crippen molar-refractivity contribution in [3.05, 3.63) is 29.1 Å². The Morgan fingerprint density at radius 2 is 2.00 bits per heavy atom. The molecule has 0 unspecified atom stereocenters. The SMILES string of the molecule is CC(F)(F)c1cc2ccc(N)cc2s1. The average molecular weight is 213 g/mol. The van der Waals surface area contributed by atoms with Crippen LogP contribution in [0.1, 0.15) is 11.8 Å². The van der Waals surface area contributed by atoms with E-state index in [-0.39, 0.29) is 4.88 Å². The highest BCUT2D eigenvalue weighted by Gasteiger charge is 2.26. The van der Waals surface area contributed by atoms with Gasteiger partial charge in [-0.3, -0.25) is 0 Å². The molecule has 0 saturated heterocycles. The van der Waals surface area contributed by atoms with Gasteiger partial charge < -0.3 is 5.73 Å². The topological polar surface area (TPSA) is 26.0 Å². The third kappa shape index (κ3) is 1.57. The average Bonchev–Trinajstić information content (AvgIpc) is 2.45. The van der Waals surface area contributed by atoms with Gasteiger partial charge in [-0.05, 0) is 23.6 Å². The van der Waals surface area contributed by atoms with Gasteiger partial charge in [-0.25, -0.2) is 8.78 Å². The third-order valence-corrected chi connectivity index (χ3v) is 3.25. The first kappa shape index (κ1) is 9.40. The lowest BCUT2D eigenvalue weighted by atomic mass is 10.2. The lowest BCUT2D eigenvalue weighted by Crippen LogP contribution is -2.02. The smallest absolute Gasteiger partial charge is 0.279 e. The van der Waals surface area contributed by atoms with E-state index in [0.717, 1.165) is 28.3 Å². The second kappa shape index (κ2) is 2.92. The normalized spacial score (nSPS) is 12.2. The zero-order chi connectivity index (χ0) is 10.3. The van der Waals surface area contributed by atoms with Crippen molar-refractivity contribution in [3.63, 3.8) is 0 Å². The van der Waals surface area contributed by atoms with Crippen LogP contribution in [0.4, 0.5) is 14.5 Å². The molecule has 74 valence electrons. The van der Waals surface area contributed by atoms with E-state index < -0.39 is 5.92 Å². The van der Waals surface area contributed by atoms with Crippen LogP contribution < -0.4 is 5.73 Å². The maximum atomic E-state index is 13.0. The molecule has 0 spiro atoms. The summed E-state index contributed by atoms with van der Waals surface area (Å²) >= 11 is 1.09. The summed E-state index contributed by atoms with van der Waals surface area (Å²) in [5, 5.41) is 0.820. The standard InChI is InChI=1S/C10H9F2NS/c1-10(11,12)9-4-6-2-3-7(13)5-8(6)14-9/h2-5H,13H2,1H3. The molecule has 0 aliphatic rings. The maximum absolute atomic E-state index is 13.0. The number of anilines is 1. The minimum atomic E-state index is -2.77. The second-order valence-corrected chi connectivity index (χ2v) is 4.38. The van der Waals surface area contributed by atoms with Crippen LogP contribution in [0.25, 0.3) is 10.1 Å². The van der Waals surface area contributed by atoms with E-state index >= 15 is 0 Å². The molecule has 0 radical (unpaired) electrons. The monoisotopic (exact) mass is 213 g/mol. The molecular formula is C10H9F2NS. The molecule has 1 heterocycles. The van der Waals surface area contributed by atoms with E-state index in [2.05, 4.69) is 0 Å². The van der Waals surface area contributed by atoms with Gasteiger partial charge in [0.1, 0.15) is 0 Å². The molecule has 0 atom stereocenters. The van der Waals surface area contributed by atoms with Crippen molar-refractivity contribution in [2.45, 2.75) is 12.8 Å². The van der Waals surface area contributed by atoms with Gasteiger partial charge in [-0.1, -0.05) is 6.07 Å². The quantitative estimate of drug-likeness (QED) is 0.720. The van der Waals surface area contributed by atoms with Crippen LogP contribution in [-0.4, -0.2) is 0 Å².